The highest BCUT2D eigenvalue weighted by molar-refractivity contribution is 5.74. The Bertz CT molecular complexity index is 714. The summed E-state index contributed by atoms with van der Waals surface area (Å²) < 4.78 is 80.2. The van der Waals surface area contributed by atoms with Crippen molar-refractivity contribution < 1.29 is 26.3 Å². The summed E-state index contributed by atoms with van der Waals surface area (Å²) in [5.41, 5.74) is -1.23. The Balaban J connectivity index is 2.91. The summed E-state index contributed by atoms with van der Waals surface area (Å²) in [6.07, 6.45) is -9.48. The van der Waals surface area contributed by atoms with Crippen molar-refractivity contribution in [2.45, 2.75) is 40.0 Å². The van der Waals surface area contributed by atoms with Crippen LogP contribution in [0.15, 0.2) is 24.3 Å². The van der Waals surface area contributed by atoms with Crippen LogP contribution < -0.4 is 0 Å². The van der Waals surface area contributed by atoms with E-state index in [-0.39, 0.29) is 0 Å². The third-order valence-electron chi connectivity index (χ3n) is 4.17. The van der Waals surface area contributed by atoms with Gasteiger partial charge in [-0.2, -0.15) is 26.3 Å². The van der Waals surface area contributed by atoms with Gasteiger partial charge in [0.15, 0.2) is 0 Å². The lowest BCUT2D eigenvalue weighted by Crippen LogP contribution is -2.13. The van der Waals surface area contributed by atoms with Crippen LogP contribution in [0.5, 0.6) is 0 Å². The second kappa shape index (κ2) is 5.83. The normalized spacial score (nSPS) is 12.6. The van der Waals surface area contributed by atoms with Gasteiger partial charge in [-0.1, -0.05) is 12.1 Å². The van der Waals surface area contributed by atoms with Gasteiger partial charge in [-0.05, 0) is 73.2 Å². The van der Waals surface area contributed by atoms with Crippen molar-refractivity contribution in [3.63, 3.8) is 0 Å². The highest BCUT2D eigenvalue weighted by Gasteiger charge is 2.38. The quantitative estimate of drug-likeness (QED) is 0.509. The summed E-state index contributed by atoms with van der Waals surface area (Å²) in [6.45, 7) is 6.15. The first-order valence-corrected chi connectivity index (χ1v) is 7.19. The Morgan fingerprint density at radius 3 is 1.00 bits per heavy atom. The summed E-state index contributed by atoms with van der Waals surface area (Å²) in [7, 11) is 0. The van der Waals surface area contributed by atoms with Crippen LogP contribution in [0.1, 0.15) is 33.4 Å². The van der Waals surface area contributed by atoms with Crippen LogP contribution in [0.25, 0.3) is 11.1 Å². The van der Waals surface area contributed by atoms with Crippen molar-refractivity contribution in [3.05, 3.63) is 57.6 Å². The predicted octanol–water partition coefficient (Wildman–Crippen LogP) is 6.62. The fourth-order valence-corrected chi connectivity index (χ4v) is 2.55. The lowest BCUT2D eigenvalue weighted by Gasteiger charge is -2.20. The molecule has 0 bridgehead atoms. The lowest BCUT2D eigenvalue weighted by molar-refractivity contribution is -0.139. The Labute approximate surface area is 136 Å². The molecule has 24 heavy (non-hydrogen) atoms. The minimum atomic E-state index is -4.74. The molecule has 0 unspecified atom stereocenters. The fraction of sp³-hybridized carbons (Fsp3) is 0.333. The average molecular weight is 346 g/mol. The van der Waals surface area contributed by atoms with Crippen LogP contribution in [0.2, 0.25) is 0 Å². The van der Waals surface area contributed by atoms with Crippen molar-refractivity contribution in [2.24, 2.45) is 0 Å². The molecule has 0 amide bonds. The molecule has 2 rings (SSSR count). The molecular formula is C18H16F6. The number of aryl methyl sites for hydroxylation is 4. The van der Waals surface area contributed by atoms with Crippen LogP contribution in [-0.2, 0) is 12.4 Å². The van der Waals surface area contributed by atoms with E-state index in [9.17, 15) is 26.3 Å². The van der Waals surface area contributed by atoms with E-state index in [1.165, 1.54) is 26.0 Å². The number of halogens is 6. The average Bonchev–Trinajstić information content (AvgIpc) is 2.41. The van der Waals surface area contributed by atoms with E-state index in [0.29, 0.717) is 22.3 Å². The minimum Gasteiger partial charge on any atom is -0.166 e. The SMILES string of the molecule is Cc1cc(-c2cc(C)c(C)cc2C(F)(F)F)c(C(F)(F)F)cc1C. The molecule has 0 aliphatic rings. The molecule has 2 aromatic carbocycles. The van der Waals surface area contributed by atoms with E-state index in [2.05, 4.69) is 0 Å². The molecule has 0 aromatic heterocycles. The Kier molecular flexibility index (Phi) is 4.46. The predicted molar refractivity (Wildman–Crippen MR) is 80.8 cm³/mol. The molecule has 0 heterocycles. The zero-order chi connectivity index (χ0) is 18.4. The van der Waals surface area contributed by atoms with E-state index >= 15 is 0 Å². The van der Waals surface area contributed by atoms with Gasteiger partial charge in [0.1, 0.15) is 0 Å². The molecule has 6 heteroatoms. The number of alkyl halides is 6. The maximum absolute atomic E-state index is 13.4. The van der Waals surface area contributed by atoms with E-state index in [0.717, 1.165) is 12.1 Å². The van der Waals surface area contributed by atoms with Crippen LogP contribution in [0.4, 0.5) is 26.3 Å². The molecule has 0 N–H and O–H groups in total. The second-order valence-corrected chi connectivity index (χ2v) is 5.96. The summed E-state index contributed by atoms with van der Waals surface area (Å²) >= 11 is 0. The third-order valence-corrected chi connectivity index (χ3v) is 4.17. The number of hydrogen-bond acceptors (Lipinski definition) is 0. The van der Waals surface area contributed by atoms with E-state index in [4.69, 9.17) is 0 Å². The van der Waals surface area contributed by atoms with E-state index in [1.54, 1.807) is 13.8 Å². The smallest absolute Gasteiger partial charge is 0.166 e. The van der Waals surface area contributed by atoms with Crippen LogP contribution >= 0.6 is 0 Å². The van der Waals surface area contributed by atoms with Crippen molar-refractivity contribution in [1.29, 1.82) is 0 Å². The van der Waals surface area contributed by atoms with Gasteiger partial charge < -0.3 is 0 Å². The first kappa shape index (κ1) is 18.4. The molecule has 0 spiro atoms. The highest BCUT2D eigenvalue weighted by atomic mass is 19.4. The lowest BCUT2D eigenvalue weighted by atomic mass is 9.89. The standard InChI is InChI=1S/C18H16F6/c1-9-5-13(15(7-11(9)3)17(19,20)21)14-6-10(2)12(4)8-16(14)18(22,23)24/h5-8H,1-4H3. The first-order chi connectivity index (χ1) is 10.8. The zero-order valence-electron chi connectivity index (χ0n) is 13.6. The number of rotatable bonds is 1. The Hall–Kier alpha value is -1.98. The zero-order valence-corrected chi connectivity index (χ0v) is 13.6. The Morgan fingerprint density at radius 2 is 0.750 bits per heavy atom. The molecule has 0 atom stereocenters. The van der Waals surface area contributed by atoms with Crippen molar-refractivity contribution in [2.75, 3.05) is 0 Å². The maximum atomic E-state index is 13.4. The van der Waals surface area contributed by atoms with Gasteiger partial charge in [0.25, 0.3) is 0 Å². The molecule has 0 saturated carbocycles. The third kappa shape index (κ3) is 3.42. The fourth-order valence-electron chi connectivity index (χ4n) is 2.55. The van der Waals surface area contributed by atoms with Gasteiger partial charge in [0.2, 0.25) is 0 Å². The van der Waals surface area contributed by atoms with Crippen molar-refractivity contribution in [1.82, 2.24) is 0 Å². The van der Waals surface area contributed by atoms with Gasteiger partial charge in [-0.3, -0.25) is 0 Å². The molecule has 2 aromatic rings. The van der Waals surface area contributed by atoms with Crippen molar-refractivity contribution in [3.8, 4) is 11.1 Å². The molecule has 0 radical (unpaired) electrons. The van der Waals surface area contributed by atoms with Crippen LogP contribution in [0.3, 0.4) is 0 Å². The molecule has 0 fully saturated rings. The Morgan fingerprint density at radius 1 is 0.500 bits per heavy atom. The topological polar surface area (TPSA) is 0 Å². The highest BCUT2D eigenvalue weighted by Crippen LogP contribution is 2.44. The summed E-state index contributed by atoms with van der Waals surface area (Å²) in [6, 6.07) is 4.16. The molecule has 0 aliphatic heterocycles. The largest absolute Gasteiger partial charge is 0.417 e. The molecule has 130 valence electrons. The van der Waals surface area contributed by atoms with Crippen molar-refractivity contribution >= 4 is 0 Å². The summed E-state index contributed by atoms with van der Waals surface area (Å²) in [4.78, 5) is 0. The van der Waals surface area contributed by atoms with E-state index < -0.39 is 34.6 Å². The van der Waals surface area contributed by atoms with Gasteiger partial charge in [-0.25, -0.2) is 0 Å². The van der Waals surface area contributed by atoms with Crippen LogP contribution in [0, 0.1) is 27.7 Å². The van der Waals surface area contributed by atoms with Gasteiger partial charge in [0, 0.05) is 0 Å². The maximum Gasteiger partial charge on any atom is 0.417 e. The van der Waals surface area contributed by atoms with Gasteiger partial charge in [0.05, 0.1) is 11.1 Å². The summed E-state index contributed by atoms with van der Waals surface area (Å²) in [5, 5.41) is 0. The van der Waals surface area contributed by atoms with Gasteiger partial charge >= 0.3 is 12.4 Å². The molecule has 0 aliphatic carbocycles. The second-order valence-electron chi connectivity index (χ2n) is 5.96. The van der Waals surface area contributed by atoms with E-state index in [1.807, 2.05) is 0 Å². The molecule has 0 nitrogen and oxygen atoms in total. The molecular weight excluding hydrogens is 330 g/mol. The van der Waals surface area contributed by atoms with Gasteiger partial charge in [-0.15, -0.1) is 0 Å². The minimum absolute atomic E-state index is 0.378. The number of hydrogen-bond donors (Lipinski definition) is 0. The van der Waals surface area contributed by atoms with Crippen LogP contribution in [-0.4, -0.2) is 0 Å². The first-order valence-electron chi connectivity index (χ1n) is 7.19. The monoisotopic (exact) mass is 346 g/mol. The summed E-state index contributed by atoms with van der Waals surface area (Å²) in [5.74, 6) is 0. The molecule has 0 saturated heterocycles. The number of benzene rings is 2.